The molecule has 0 atom stereocenters. The smallest absolute Gasteiger partial charge is 0.414 e. The first-order valence-electron chi connectivity index (χ1n) is 15.6. The standard InChI is InChI=1S/C33H46N6O9/c1-32(2,3)47-30(41)37-29(38-31(42)48-33(4,5)6)36-22-12-10-21(11-13-22)35-25-15-14-23(39(43)44)18-24(25)28(40)34-19-20-9-16-26(45-7)27(17-20)46-8/h9,14-18,21-22,35H,10-13,19H2,1-8H3,(H,34,40)(H2,36,37,38,41,42). The van der Waals surface area contributed by atoms with Crippen molar-refractivity contribution in [3.8, 4) is 11.5 Å². The van der Waals surface area contributed by atoms with Crippen LogP contribution >= 0.6 is 0 Å². The van der Waals surface area contributed by atoms with Gasteiger partial charge in [-0.1, -0.05) is 6.07 Å². The lowest BCUT2D eigenvalue weighted by Crippen LogP contribution is -2.48. The van der Waals surface area contributed by atoms with Gasteiger partial charge >= 0.3 is 12.2 Å². The summed E-state index contributed by atoms with van der Waals surface area (Å²) >= 11 is 0. The first kappa shape index (κ1) is 37.4. The molecule has 0 aromatic heterocycles. The number of nitro groups is 1. The summed E-state index contributed by atoms with van der Waals surface area (Å²) in [5, 5.41) is 22.7. The summed E-state index contributed by atoms with van der Waals surface area (Å²) < 4.78 is 21.2. The molecule has 262 valence electrons. The third-order valence-corrected chi connectivity index (χ3v) is 6.97. The number of nitrogens with one attached hydrogen (secondary N) is 4. The van der Waals surface area contributed by atoms with E-state index in [2.05, 4.69) is 26.3 Å². The lowest BCUT2D eigenvalue weighted by atomic mass is 9.91. The van der Waals surface area contributed by atoms with Crippen LogP contribution in [-0.4, -0.2) is 66.5 Å². The number of amides is 3. The van der Waals surface area contributed by atoms with Crippen LogP contribution in [0.3, 0.4) is 0 Å². The van der Waals surface area contributed by atoms with E-state index >= 15 is 0 Å². The summed E-state index contributed by atoms with van der Waals surface area (Å²) in [6.45, 7) is 10.5. The fourth-order valence-electron chi connectivity index (χ4n) is 4.88. The summed E-state index contributed by atoms with van der Waals surface area (Å²) in [6.07, 6.45) is 0.876. The number of ether oxygens (including phenoxy) is 4. The third kappa shape index (κ3) is 11.9. The fourth-order valence-corrected chi connectivity index (χ4v) is 4.88. The molecule has 2 aromatic rings. The van der Waals surface area contributed by atoms with Gasteiger partial charge in [-0.05, 0) is 91.0 Å². The number of carbonyl (C=O) groups excluding carboxylic acids is 3. The third-order valence-electron chi connectivity index (χ3n) is 6.97. The van der Waals surface area contributed by atoms with Crippen LogP contribution in [0.1, 0.15) is 83.1 Å². The van der Waals surface area contributed by atoms with E-state index < -0.39 is 34.2 Å². The number of nitro benzene ring substituents is 1. The molecule has 4 N–H and O–H groups in total. The van der Waals surface area contributed by atoms with E-state index in [9.17, 15) is 24.5 Å². The van der Waals surface area contributed by atoms with Crippen LogP contribution in [-0.2, 0) is 16.0 Å². The van der Waals surface area contributed by atoms with Gasteiger partial charge < -0.3 is 29.6 Å². The van der Waals surface area contributed by atoms with Crippen molar-refractivity contribution < 1.29 is 38.3 Å². The van der Waals surface area contributed by atoms with E-state index in [1.165, 1.54) is 32.4 Å². The van der Waals surface area contributed by atoms with Crippen LogP contribution < -0.4 is 30.7 Å². The summed E-state index contributed by atoms with van der Waals surface area (Å²) in [7, 11) is 3.04. The molecule has 2 aromatic carbocycles. The Labute approximate surface area is 280 Å². The monoisotopic (exact) mass is 670 g/mol. The Balaban J connectivity index is 1.71. The van der Waals surface area contributed by atoms with Crippen molar-refractivity contribution in [1.82, 2.24) is 16.0 Å². The Hall–Kier alpha value is -5.08. The first-order valence-corrected chi connectivity index (χ1v) is 15.6. The number of non-ortho nitro benzene ring substituents is 1. The minimum absolute atomic E-state index is 0.0728. The first-order chi connectivity index (χ1) is 22.5. The highest BCUT2D eigenvalue weighted by Gasteiger charge is 2.26. The molecule has 0 saturated heterocycles. The normalized spacial score (nSPS) is 16.1. The number of aliphatic imine (C=N–C) groups is 1. The van der Waals surface area contributed by atoms with Gasteiger partial charge in [0.05, 0.1) is 30.7 Å². The molecule has 3 amide bonds. The largest absolute Gasteiger partial charge is 0.493 e. The van der Waals surface area contributed by atoms with Crippen molar-refractivity contribution >= 4 is 35.4 Å². The molecule has 0 spiro atoms. The predicted octanol–water partition coefficient (Wildman–Crippen LogP) is 5.67. The lowest BCUT2D eigenvalue weighted by molar-refractivity contribution is -0.384. The Morgan fingerprint density at radius 2 is 1.44 bits per heavy atom. The summed E-state index contributed by atoms with van der Waals surface area (Å²) in [4.78, 5) is 53.8. The van der Waals surface area contributed by atoms with Gasteiger partial charge in [0.15, 0.2) is 11.5 Å². The van der Waals surface area contributed by atoms with Crippen molar-refractivity contribution in [3.63, 3.8) is 0 Å². The van der Waals surface area contributed by atoms with Gasteiger partial charge in [-0.25, -0.2) is 14.6 Å². The zero-order chi connectivity index (χ0) is 35.6. The minimum Gasteiger partial charge on any atom is -0.493 e. The Morgan fingerprint density at radius 1 is 0.854 bits per heavy atom. The van der Waals surface area contributed by atoms with Crippen LogP contribution in [0.4, 0.5) is 21.0 Å². The summed E-state index contributed by atoms with van der Waals surface area (Å²) in [5.41, 5.74) is -0.394. The molecule has 0 radical (unpaired) electrons. The number of carbonyl (C=O) groups is 3. The van der Waals surface area contributed by atoms with Crippen LogP contribution in [0.2, 0.25) is 0 Å². The van der Waals surface area contributed by atoms with Crippen molar-refractivity contribution in [1.29, 1.82) is 0 Å². The Bertz CT molecular complexity index is 1470. The van der Waals surface area contributed by atoms with Gasteiger partial charge in [0.2, 0.25) is 5.96 Å². The van der Waals surface area contributed by atoms with Gasteiger partial charge in [-0.3, -0.25) is 25.5 Å². The summed E-state index contributed by atoms with van der Waals surface area (Å²) in [6, 6.07) is 9.06. The van der Waals surface area contributed by atoms with Gasteiger partial charge in [0, 0.05) is 30.4 Å². The number of hydrogen-bond acceptors (Lipinski definition) is 11. The molecule has 0 heterocycles. The molecular formula is C33H46N6O9. The second kappa shape index (κ2) is 16.2. The highest BCUT2D eigenvalue weighted by molar-refractivity contribution is 6.01. The van der Waals surface area contributed by atoms with Gasteiger partial charge in [0.1, 0.15) is 11.2 Å². The second-order valence-corrected chi connectivity index (χ2v) is 13.2. The fraction of sp³-hybridized carbons (Fsp3) is 0.515. The van der Waals surface area contributed by atoms with Gasteiger partial charge in [0.25, 0.3) is 11.6 Å². The molecule has 0 aliphatic heterocycles. The molecule has 3 rings (SSSR count). The average molecular weight is 671 g/mol. The number of anilines is 1. The van der Waals surface area contributed by atoms with Crippen LogP contribution in [0.5, 0.6) is 11.5 Å². The van der Waals surface area contributed by atoms with Crippen LogP contribution in [0.25, 0.3) is 0 Å². The van der Waals surface area contributed by atoms with E-state index in [0.717, 1.165) is 5.56 Å². The van der Waals surface area contributed by atoms with Crippen LogP contribution in [0.15, 0.2) is 41.4 Å². The number of guanidine groups is 1. The van der Waals surface area contributed by atoms with Gasteiger partial charge in [-0.15, -0.1) is 0 Å². The number of methoxy groups -OCH3 is 2. The summed E-state index contributed by atoms with van der Waals surface area (Å²) in [5.74, 6) is 0.488. The average Bonchev–Trinajstić information content (AvgIpc) is 2.98. The van der Waals surface area contributed by atoms with E-state index in [1.807, 2.05) is 0 Å². The number of benzene rings is 2. The highest BCUT2D eigenvalue weighted by Crippen LogP contribution is 2.29. The SMILES string of the molecule is COc1ccc(CNC(=O)c2cc([N+](=O)[O-])ccc2NC2CCC(N=C(NC(=O)OC(C)(C)C)NC(=O)OC(C)(C)C)CC2)cc1OC. The number of nitrogens with zero attached hydrogens (tertiary/aromatic N) is 2. The predicted molar refractivity (Wildman–Crippen MR) is 180 cm³/mol. The van der Waals surface area contributed by atoms with E-state index in [0.29, 0.717) is 42.9 Å². The lowest BCUT2D eigenvalue weighted by Gasteiger charge is -2.29. The molecule has 1 fully saturated rings. The highest BCUT2D eigenvalue weighted by atomic mass is 16.6. The van der Waals surface area contributed by atoms with Gasteiger partial charge in [-0.2, -0.15) is 0 Å². The minimum atomic E-state index is -0.775. The quantitative estimate of drug-likeness (QED) is 0.112. The topological polar surface area (TPSA) is 192 Å². The van der Waals surface area contributed by atoms with Crippen LogP contribution in [0, 0.1) is 10.1 Å². The number of hydrogen-bond donors (Lipinski definition) is 4. The zero-order valence-corrected chi connectivity index (χ0v) is 28.7. The second-order valence-electron chi connectivity index (χ2n) is 13.2. The van der Waals surface area contributed by atoms with Crippen molar-refractivity contribution in [2.75, 3.05) is 19.5 Å². The van der Waals surface area contributed by atoms with E-state index in [1.54, 1.807) is 59.7 Å². The van der Waals surface area contributed by atoms with Crippen molar-refractivity contribution in [3.05, 3.63) is 57.6 Å². The maximum absolute atomic E-state index is 13.3. The number of alkyl carbamates (subject to hydrolysis) is 2. The van der Waals surface area contributed by atoms with E-state index in [-0.39, 0.29) is 35.8 Å². The molecule has 1 saturated carbocycles. The molecule has 0 bridgehead atoms. The molecule has 15 nitrogen and oxygen atoms in total. The number of rotatable bonds is 9. The Morgan fingerprint density at radius 3 is 1.96 bits per heavy atom. The van der Waals surface area contributed by atoms with E-state index in [4.69, 9.17) is 18.9 Å². The molecule has 0 unspecified atom stereocenters. The molecular weight excluding hydrogens is 624 g/mol. The van der Waals surface area contributed by atoms with Crippen molar-refractivity contribution in [2.45, 2.75) is 97.1 Å². The maximum atomic E-state index is 13.3. The Kier molecular flexibility index (Phi) is 12.6. The molecule has 1 aliphatic carbocycles. The maximum Gasteiger partial charge on any atom is 0.414 e. The molecule has 15 heteroatoms. The zero-order valence-electron chi connectivity index (χ0n) is 28.7. The molecule has 1 aliphatic rings. The van der Waals surface area contributed by atoms with Crippen molar-refractivity contribution in [2.24, 2.45) is 4.99 Å². The molecule has 48 heavy (non-hydrogen) atoms.